The van der Waals surface area contributed by atoms with Crippen LogP contribution in [0.25, 0.3) is 0 Å². The predicted octanol–water partition coefficient (Wildman–Crippen LogP) is 2.60. The Morgan fingerprint density at radius 2 is 2.33 bits per heavy atom. The van der Waals surface area contributed by atoms with E-state index in [4.69, 9.17) is 0 Å². The van der Waals surface area contributed by atoms with Crippen LogP contribution in [0.2, 0.25) is 0 Å². The first-order valence-corrected chi connectivity index (χ1v) is 9.27. The van der Waals surface area contributed by atoms with Crippen LogP contribution < -0.4 is 5.32 Å². The third kappa shape index (κ3) is 4.19. The number of hydrogen-bond donors (Lipinski definition) is 2. The summed E-state index contributed by atoms with van der Waals surface area (Å²) < 4.78 is 1.98. The summed E-state index contributed by atoms with van der Waals surface area (Å²) in [5.41, 5.74) is 1.76. The fraction of sp³-hybridized carbons (Fsp3) is 0.444. The molecule has 1 heterocycles. The van der Waals surface area contributed by atoms with Crippen LogP contribution >= 0.6 is 11.8 Å². The maximum absolute atomic E-state index is 12.3. The lowest BCUT2D eigenvalue weighted by Crippen LogP contribution is -2.32. The van der Waals surface area contributed by atoms with Gasteiger partial charge in [-0.3, -0.25) is 4.79 Å². The van der Waals surface area contributed by atoms with Gasteiger partial charge in [-0.25, -0.2) is 4.98 Å². The van der Waals surface area contributed by atoms with Gasteiger partial charge >= 0.3 is 0 Å². The fourth-order valence-corrected chi connectivity index (χ4v) is 3.90. The average Bonchev–Trinajstić information content (AvgIpc) is 3.19. The lowest BCUT2D eigenvalue weighted by Gasteiger charge is -2.15. The second-order valence-corrected chi connectivity index (χ2v) is 7.22. The summed E-state index contributed by atoms with van der Waals surface area (Å²) in [7, 11) is 1.97. The summed E-state index contributed by atoms with van der Waals surface area (Å²) in [6.07, 6.45) is 6.31. The normalized spacial score (nSPS) is 20.2. The van der Waals surface area contributed by atoms with E-state index in [0.717, 1.165) is 35.7 Å². The molecule has 0 saturated heterocycles. The standard InChI is InChI=1S/C18H23N3O2S/c1-21-9-8-19-18(21)24-12-13-4-2-5-14(10-13)17(23)20-11-15-6-3-7-16(15)22/h2,4-5,8-10,15-16,22H,3,6-7,11-12H2,1H3,(H,20,23). The number of aromatic nitrogens is 2. The van der Waals surface area contributed by atoms with Crippen molar-refractivity contribution in [3.05, 3.63) is 47.8 Å². The zero-order valence-corrected chi connectivity index (χ0v) is 14.6. The summed E-state index contributed by atoms with van der Waals surface area (Å²) in [6, 6.07) is 7.69. The monoisotopic (exact) mass is 345 g/mol. The number of hydrogen-bond acceptors (Lipinski definition) is 4. The molecule has 1 aliphatic rings. The molecular formula is C18H23N3O2S. The molecule has 3 rings (SSSR count). The summed E-state index contributed by atoms with van der Waals surface area (Å²) in [5.74, 6) is 0.891. The number of amides is 1. The topological polar surface area (TPSA) is 67.2 Å². The molecule has 5 nitrogen and oxygen atoms in total. The molecule has 2 aromatic rings. The second-order valence-electron chi connectivity index (χ2n) is 6.28. The number of carbonyl (C=O) groups is 1. The van der Waals surface area contributed by atoms with Crippen LogP contribution in [0, 0.1) is 5.92 Å². The van der Waals surface area contributed by atoms with Crippen LogP contribution in [0.15, 0.2) is 41.8 Å². The summed E-state index contributed by atoms with van der Waals surface area (Å²) in [6.45, 7) is 0.548. The van der Waals surface area contributed by atoms with Gasteiger partial charge in [0.1, 0.15) is 0 Å². The van der Waals surface area contributed by atoms with Crippen LogP contribution in [-0.4, -0.2) is 33.2 Å². The van der Waals surface area contributed by atoms with Gasteiger partial charge in [0, 0.05) is 43.2 Å². The molecule has 0 aliphatic heterocycles. The van der Waals surface area contributed by atoms with Crippen LogP contribution in [-0.2, 0) is 12.8 Å². The maximum atomic E-state index is 12.3. The van der Waals surface area contributed by atoms with Crippen LogP contribution in [0.5, 0.6) is 0 Å². The Hall–Kier alpha value is -1.79. The molecule has 6 heteroatoms. The number of aliphatic hydroxyl groups is 1. The minimum absolute atomic E-state index is 0.0714. The molecule has 24 heavy (non-hydrogen) atoms. The van der Waals surface area contributed by atoms with Crippen molar-refractivity contribution in [3.63, 3.8) is 0 Å². The molecule has 1 saturated carbocycles. The van der Waals surface area contributed by atoms with Gasteiger partial charge in [0.05, 0.1) is 6.10 Å². The Kier molecular flexibility index (Phi) is 5.58. The largest absolute Gasteiger partial charge is 0.393 e. The molecule has 0 radical (unpaired) electrons. The molecule has 2 N–H and O–H groups in total. The fourth-order valence-electron chi connectivity index (χ4n) is 3.02. The average molecular weight is 345 g/mol. The van der Waals surface area contributed by atoms with E-state index in [2.05, 4.69) is 10.3 Å². The molecule has 1 aliphatic carbocycles. The number of imidazole rings is 1. The minimum Gasteiger partial charge on any atom is -0.393 e. The Morgan fingerprint density at radius 3 is 3.04 bits per heavy atom. The van der Waals surface area contributed by atoms with Gasteiger partial charge < -0.3 is 15.0 Å². The number of nitrogens with one attached hydrogen (secondary N) is 1. The second kappa shape index (κ2) is 7.85. The molecular weight excluding hydrogens is 322 g/mol. The smallest absolute Gasteiger partial charge is 0.251 e. The lowest BCUT2D eigenvalue weighted by atomic mass is 10.1. The van der Waals surface area contributed by atoms with Crippen molar-refractivity contribution in [2.75, 3.05) is 6.54 Å². The molecule has 1 aromatic carbocycles. The highest BCUT2D eigenvalue weighted by atomic mass is 32.2. The van der Waals surface area contributed by atoms with E-state index in [1.165, 1.54) is 0 Å². The number of carbonyl (C=O) groups excluding carboxylic acids is 1. The maximum Gasteiger partial charge on any atom is 0.251 e. The first-order valence-electron chi connectivity index (χ1n) is 8.29. The van der Waals surface area contributed by atoms with Gasteiger partial charge in [-0.2, -0.15) is 0 Å². The number of thioether (sulfide) groups is 1. The third-order valence-corrected chi connectivity index (χ3v) is 5.61. The Bertz CT molecular complexity index is 701. The summed E-state index contributed by atoms with van der Waals surface area (Å²) >= 11 is 1.65. The number of benzene rings is 1. The van der Waals surface area contributed by atoms with Crippen molar-refractivity contribution in [3.8, 4) is 0 Å². The highest BCUT2D eigenvalue weighted by Gasteiger charge is 2.25. The minimum atomic E-state index is -0.272. The zero-order valence-electron chi connectivity index (χ0n) is 13.8. The summed E-state index contributed by atoms with van der Waals surface area (Å²) in [4.78, 5) is 16.6. The molecule has 2 atom stereocenters. The van der Waals surface area contributed by atoms with Crippen molar-refractivity contribution in [2.45, 2.75) is 36.3 Å². The molecule has 1 amide bonds. The zero-order chi connectivity index (χ0) is 16.9. The van der Waals surface area contributed by atoms with Crippen molar-refractivity contribution in [1.82, 2.24) is 14.9 Å². The first-order chi connectivity index (χ1) is 11.6. The first kappa shape index (κ1) is 17.0. The van der Waals surface area contributed by atoms with E-state index in [-0.39, 0.29) is 17.9 Å². The molecule has 128 valence electrons. The Labute approximate surface area is 146 Å². The molecule has 0 bridgehead atoms. The van der Waals surface area contributed by atoms with Gasteiger partial charge in [0.15, 0.2) is 5.16 Å². The quantitative estimate of drug-likeness (QED) is 0.790. The molecule has 0 spiro atoms. The molecule has 1 fully saturated rings. The number of aryl methyl sites for hydroxylation is 1. The van der Waals surface area contributed by atoms with Gasteiger partial charge in [0.25, 0.3) is 5.91 Å². The number of nitrogens with zero attached hydrogens (tertiary/aromatic N) is 2. The number of rotatable bonds is 6. The lowest BCUT2D eigenvalue weighted by molar-refractivity contribution is 0.0916. The highest BCUT2D eigenvalue weighted by Crippen LogP contribution is 2.25. The van der Waals surface area contributed by atoms with Crippen molar-refractivity contribution in [2.24, 2.45) is 13.0 Å². The van der Waals surface area contributed by atoms with Crippen LogP contribution in [0.1, 0.15) is 35.2 Å². The van der Waals surface area contributed by atoms with E-state index in [9.17, 15) is 9.90 Å². The van der Waals surface area contributed by atoms with E-state index in [1.54, 1.807) is 18.0 Å². The van der Waals surface area contributed by atoms with Crippen molar-refractivity contribution < 1.29 is 9.90 Å². The van der Waals surface area contributed by atoms with Crippen molar-refractivity contribution in [1.29, 1.82) is 0 Å². The number of aliphatic hydroxyl groups excluding tert-OH is 1. The molecule has 1 aromatic heterocycles. The molecule has 2 unspecified atom stereocenters. The van der Waals surface area contributed by atoms with Gasteiger partial charge in [-0.15, -0.1) is 0 Å². The van der Waals surface area contributed by atoms with Crippen molar-refractivity contribution >= 4 is 17.7 Å². The predicted molar refractivity (Wildman–Crippen MR) is 94.9 cm³/mol. The van der Waals surface area contributed by atoms with E-state index in [0.29, 0.717) is 12.1 Å². The third-order valence-electron chi connectivity index (χ3n) is 4.48. The van der Waals surface area contributed by atoms with E-state index in [1.807, 2.05) is 42.1 Å². The van der Waals surface area contributed by atoms with Gasteiger partial charge in [0.2, 0.25) is 0 Å². The Morgan fingerprint density at radius 1 is 1.46 bits per heavy atom. The van der Waals surface area contributed by atoms with Gasteiger partial charge in [-0.1, -0.05) is 30.3 Å². The van der Waals surface area contributed by atoms with Gasteiger partial charge in [-0.05, 0) is 30.5 Å². The SMILES string of the molecule is Cn1ccnc1SCc1cccc(C(=O)NCC2CCCC2O)c1. The van der Waals surface area contributed by atoms with E-state index < -0.39 is 0 Å². The van der Waals surface area contributed by atoms with Crippen LogP contribution in [0.3, 0.4) is 0 Å². The highest BCUT2D eigenvalue weighted by molar-refractivity contribution is 7.98. The van der Waals surface area contributed by atoms with Crippen LogP contribution in [0.4, 0.5) is 0 Å². The Balaban J connectivity index is 1.55. The summed E-state index contributed by atoms with van der Waals surface area (Å²) in [5, 5.41) is 13.8. The van der Waals surface area contributed by atoms with E-state index >= 15 is 0 Å².